The lowest BCUT2D eigenvalue weighted by Crippen LogP contribution is -2.47. The Bertz CT molecular complexity index is 575. The van der Waals surface area contributed by atoms with E-state index in [9.17, 15) is 18.8 Å². The zero-order valence-electron chi connectivity index (χ0n) is 13.3. The number of ether oxygens (including phenoxy) is 2. The SMILES string of the molecule is COC(=O)C[C@H](C)[C@@H](NC(=O)Cc1cccc(F)c1)C(=O)OC. The summed E-state index contributed by atoms with van der Waals surface area (Å²) in [6, 6.07) is 4.63. The van der Waals surface area contributed by atoms with E-state index in [2.05, 4.69) is 14.8 Å². The second kappa shape index (κ2) is 8.87. The molecule has 7 heteroatoms. The number of benzene rings is 1. The summed E-state index contributed by atoms with van der Waals surface area (Å²) >= 11 is 0. The maximum atomic E-state index is 13.1. The number of hydrogen-bond acceptors (Lipinski definition) is 5. The summed E-state index contributed by atoms with van der Waals surface area (Å²) in [6.45, 7) is 1.63. The summed E-state index contributed by atoms with van der Waals surface area (Å²) in [5.74, 6) is -2.58. The van der Waals surface area contributed by atoms with Gasteiger partial charge in [-0.3, -0.25) is 9.59 Å². The third kappa shape index (κ3) is 6.06. The minimum Gasteiger partial charge on any atom is -0.469 e. The highest BCUT2D eigenvalue weighted by molar-refractivity contribution is 5.86. The highest BCUT2D eigenvalue weighted by atomic mass is 19.1. The molecule has 2 atom stereocenters. The summed E-state index contributed by atoms with van der Waals surface area (Å²) in [4.78, 5) is 35.2. The van der Waals surface area contributed by atoms with Crippen LogP contribution in [-0.2, 0) is 30.3 Å². The van der Waals surface area contributed by atoms with E-state index in [1.807, 2.05) is 0 Å². The number of nitrogens with one attached hydrogen (secondary N) is 1. The average molecular weight is 325 g/mol. The number of carbonyl (C=O) groups excluding carboxylic acids is 3. The van der Waals surface area contributed by atoms with Crippen molar-refractivity contribution in [3.8, 4) is 0 Å². The molecule has 0 aromatic heterocycles. The molecule has 1 aromatic carbocycles. The molecule has 23 heavy (non-hydrogen) atoms. The Morgan fingerprint density at radius 2 is 1.91 bits per heavy atom. The number of hydrogen-bond donors (Lipinski definition) is 1. The van der Waals surface area contributed by atoms with Crippen LogP contribution in [0, 0.1) is 11.7 Å². The smallest absolute Gasteiger partial charge is 0.328 e. The van der Waals surface area contributed by atoms with Gasteiger partial charge in [-0.15, -0.1) is 0 Å². The van der Waals surface area contributed by atoms with Gasteiger partial charge < -0.3 is 14.8 Å². The first-order valence-corrected chi connectivity index (χ1v) is 7.05. The van der Waals surface area contributed by atoms with Crippen LogP contribution in [0.5, 0.6) is 0 Å². The van der Waals surface area contributed by atoms with E-state index in [4.69, 9.17) is 0 Å². The quantitative estimate of drug-likeness (QED) is 0.763. The molecule has 126 valence electrons. The largest absolute Gasteiger partial charge is 0.469 e. The lowest BCUT2D eigenvalue weighted by molar-refractivity contribution is -0.148. The molecule has 0 fully saturated rings. The predicted octanol–water partition coefficient (Wildman–Crippen LogP) is 1.23. The summed E-state index contributed by atoms with van der Waals surface area (Å²) in [5, 5.41) is 2.52. The Morgan fingerprint density at radius 3 is 2.48 bits per heavy atom. The Balaban J connectivity index is 2.74. The van der Waals surface area contributed by atoms with Gasteiger partial charge in [0.05, 0.1) is 27.1 Å². The van der Waals surface area contributed by atoms with E-state index >= 15 is 0 Å². The molecule has 0 heterocycles. The van der Waals surface area contributed by atoms with Crippen molar-refractivity contribution in [2.24, 2.45) is 5.92 Å². The average Bonchev–Trinajstić information content (AvgIpc) is 2.51. The molecule has 6 nitrogen and oxygen atoms in total. The zero-order valence-corrected chi connectivity index (χ0v) is 13.3. The van der Waals surface area contributed by atoms with Gasteiger partial charge in [0.1, 0.15) is 11.9 Å². The fourth-order valence-corrected chi connectivity index (χ4v) is 2.08. The van der Waals surface area contributed by atoms with Crippen molar-refractivity contribution in [1.82, 2.24) is 5.32 Å². The number of rotatable bonds is 7. The van der Waals surface area contributed by atoms with Crippen LogP contribution in [0.15, 0.2) is 24.3 Å². The van der Waals surface area contributed by atoms with Gasteiger partial charge in [0.15, 0.2) is 0 Å². The van der Waals surface area contributed by atoms with Crippen molar-refractivity contribution in [2.45, 2.75) is 25.8 Å². The number of carbonyl (C=O) groups is 3. The van der Waals surface area contributed by atoms with Gasteiger partial charge in [0, 0.05) is 0 Å². The number of amides is 1. The highest BCUT2D eigenvalue weighted by Crippen LogP contribution is 2.12. The summed E-state index contributed by atoms with van der Waals surface area (Å²) in [7, 11) is 2.43. The molecule has 1 amide bonds. The number of methoxy groups -OCH3 is 2. The third-order valence-electron chi connectivity index (χ3n) is 3.31. The summed E-state index contributed by atoms with van der Waals surface area (Å²) in [6.07, 6.45) is -0.132. The molecule has 1 N–H and O–H groups in total. The first-order chi connectivity index (χ1) is 10.9. The van der Waals surface area contributed by atoms with Crippen LogP contribution in [0.1, 0.15) is 18.9 Å². The van der Waals surface area contributed by atoms with Gasteiger partial charge in [-0.25, -0.2) is 9.18 Å². The van der Waals surface area contributed by atoms with Crippen LogP contribution >= 0.6 is 0 Å². The van der Waals surface area contributed by atoms with Crippen molar-refractivity contribution in [2.75, 3.05) is 14.2 Å². The van der Waals surface area contributed by atoms with E-state index in [1.165, 1.54) is 32.4 Å². The summed E-state index contributed by atoms with van der Waals surface area (Å²) < 4.78 is 22.3. The molecule has 1 rings (SSSR count). The van der Waals surface area contributed by atoms with Crippen LogP contribution in [-0.4, -0.2) is 38.1 Å². The fourth-order valence-electron chi connectivity index (χ4n) is 2.08. The van der Waals surface area contributed by atoms with Gasteiger partial charge in [-0.2, -0.15) is 0 Å². The molecule has 0 unspecified atom stereocenters. The van der Waals surface area contributed by atoms with Crippen molar-refractivity contribution in [1.29, 1.82) is 0 Å². The van der Waals surface area contributed by atoms with Crippen molar-refractivity contribution in [3.05, 3.63) is 35.6 Å². The summed E-state index contributed by atoms with van der Waals surface area (Å²) in [5.41, 5.74) is 0.478. The van der Waals surface area contributed by atoms with E-state index in [1.54, 1.807) is 13.0 Å². The topological polar surface area (TPSA) is 81.7 Å². The number of esters is 2. The molecule has 0 aliphatic heterocycles. The molecule has 0 aliphatic carbocycles. The van der Waals surface area contributed by atoms with Crippen molar-refractivity contribution >= 4 is 17.8 Å². The number of halogens is 1. The first-order valence-electron chi connectivity index (χ1n) is 7.05. The monoisotopic (exact) mass is 325 g/mol. The van der Waals surface area contributed by atoms with Crippen molar-refractivity contribution < 1.29 is 28.2 Å². The minimum absolute atomic E-state index is 0.0451. The molecule has 0 aliphatic rings. The zero-order chi connectivity index (χ0) is 17.4. The molecule has 0 saturated carbocycles. The molecule has 0 saturated heterocycles. The van der Waals surface area contributed by atoms with Gasteiger partial charge in [-0.05, 0) is 23.6 Å². The maximum absolute atomic E-state index is 13.1. The Hall–Kier alpha value is -2.44. The van der Waals surface area contributed by atoms with Gasteiger partial charge in [-0.1, -0.05) is 19.1 Å². The molecular formula is C16H20FNO5. The van der Waals surface area contributed by atoms with Crippen molar-refractivity contribution in [3.63, 3.8) is 0 Å². The Kier molecular flexibility index (Phi) is 7.18. The van der Waals surface area contributed by atoms with E-state index in [0.717, 1.165) is 0 Å². The van der Waals surface area contributed by atoms with Gasteiger partial charge in [0.25, 0.3) is 0 Å². The third-order valence-corrected chi connectivity index (χ3v) is 3.31. The van der Waals surface area contributed by atoms with Crippen LogP contribution in [0.25, 0.3) is 0 Å². The Morgan fingerprint density at radius 1 is 1.22 bits per heavy atom. The molecule has 1 aromatic rings. The molecule has 0 bridgehead atoms. The van der Waals surface area contributed by atoms with Crippen LogP contribution in [0.3, 0.4) is 0 Å². The second-order valence-electron chi connectivity index (χ2n) is 5.13. The van der Waals surface area contributed by atoms with Crippen LogP contribution < -0.4 is 5.32 Å². The fraction of sp³-hybridized carbons (Fsp3) is 0.438. The molecular weight excluding hydrogens is 305 g/mol. The standard InChI is InChI=1S/C16H20FNO5/c1-10(7-14(20)22-2)15(16(21)23-3)18-13(19)9-11-5-4-6-12(17)8-11/h4-6,8,10,15H,7,9H2,1-3H3,(H,18,19)/t10-,15+/m0/s1. The lowest BCUT2D eigenvalue weighted by atomic mass is 9.98. The predicted molar refractivity (Wildman–Crippen MR) is 79.8 cm³/mol. The minimum atomic E-state index is -0.986. The van der Waals surface area contributed by atoms with Crippen LogP contribution in [0.2, 0.25) is 0 Å². The molecule has 0 spiro atoms. The maximum Gasteiger partial charge on any atom is 0.328 e. The highest BCUT2D eigenvalue weighted by Gasteiger charge is 2.29. The van der Waals surface area contributed by atoms with Gasteiger partial charge >= 0.3 is 11.9 Å². The second-order valence-corrected chi connectivity index (χ2v) is 5.13. The normalized spacial score (nSPS) is 12.9. The Labute approximate surface area is 134 Å². The van der Waals surface area contributed by atoms with E-state index < -0.39 is 35.6 Å². The van der Waals surface area contributed by atoms with Crippen LogP contribution in [0.4, 0.5) is 4.39 Å². The first kappa shape index (κ1) is 18.6. The van der Waals surface area contributed by atoms with E-state index in [-0.39, 0.29) is 12.8 Å². The van der Waals surface area contributed by atoms with Gasteiger partial charge in [0.2, 0.25) is 5.91 Å². The van der Waals surface area contributed by atoms with E-state index in [0.29, 0.717) is 5.56 Å². The molecule has 0 radical (unpaired) electrons. The lowest BCUT2D eigenvalue weighted by Gasteiger charge is -2.22.